The first kappa shape index (κ1) is 23.7. The molecule has 0 aromatic heterocycles. The number of nitrogens with one attached hydrogen (secondary N) is 2. The Bertz CT molecular complexity index is 599. The number of aliphatic imine (C=N–C) groups is 1. The van der Waals surface area contributed by atoms with Gasteiger partial charge in [-0.25, -0.2) is 4.99 Å². The smallest absolute Gasteiger partial charge is 0.308 e. The van der Waals surface area contributed by atoms with Gasteiger partial charge in [-0.2, -0.15) is 0 Å². The normalized spacial score (nSPS) is 19.7. The van der Waals surface area contributed by atoms with E-state index in [2.05, 4.69) is 48.7 Å². The number of ether oxygens (including phenoxy) is 1. The third-order valence-corrected chi connectivity index (χ3v) is 4.94. The lowest BCUT2D eigenvalue weighted by Crippen LogP contribution is -2.45. The molecule has 0 heterocycles. The Morgan fingerprint density at radius 1 is 1.11 bits per heavy atom. The first-order chi connectivity index (χ1) is 12.7. The molecule has 0 amide bonds. The van der Waals surface area contributed by atoms with E-state index in [1.807, 2.05) is 6.92 Å². The molecular weight excluding hydrogens is 453 g/mol. The lowest BCUT2D eigenvalue weighted by Gasteiger charge is -2.29. The largest absolute Gasteiger partial charge is 0.466 e. The molecular formula is C21H34IN3O2. The minimum absolute atomic E-state index is 0. The van der Waals surface area contributed by atoms with Crippen molar-refractivity contribution in [2.24, 2.45) is 10.9 Å². The van der Waals surface area contributed by atoms with Gasteiger partial charge in [0.1, 0.15) is 0 Å². The number of carbonyl (C=O) groups excluding carboxylic acids is 1. The van der Waals surface area contributed by atoms with Gasteiger partial charge in [0.25, 0.3) is 0 Å². The SMILES string of the molecule is CCNC(=NCc1ccccc1CC)NC1CCC(C(=O)OCC)CC1.I. The molecule has 1 fully saturated rings. The molecule has 1 aromatic rings. The van der Waals surface area contributed by atoms with Crippen molar-refractivity contribution in [3.63, 3.8) is 0 Å². The van der Waals surface area contributed by atoms with Gasteiger partial charge >= 0.3 is 5.97 Å². The summed E-state index contributed by atoms with van der Waals surface area (Å²) in [5.41, 5.74) is 2.63. The molecule has 2 N–H and O–H groups in total. The molecule has 0 aliphatic heterocycles. The van der Waals surface area contributed by atoms with E-state index >= 15 is 0 Å². The van der Waals surface area contributed by atoms with Gasteiger partial charge in [0.2, 0.25) is 0 Å². The number of benzene rings is 1. The van der Waals surface area contributed by atoms with Crippen molar-refractivity contribution >= 4 is 35.9 Å². The third-order valence-electron chi connectivity index (χ3n) is 4.94. The van der Waals surface area contributed by atoms with E-state index in [0.29, 0.717) is 19.2 Å². The molecule has 2 rings (SSSR count). The summed E-state index contributed by atoms with van der Waals surface area (Å²) < 4.78 is 5.15. The maximum atomic E-state index is 11.9. The molecule has 152 valence electrons. The Balaban J connectivity index is 0.00000364. The maximum absolute atomic E-state index is 11.9. The summed E-state index contributed by atoms with van der Waals surface area (Å²) in [6.07, 6.45) is 4.73. The molecule has 1 aromatic carbocycles. The number of esters is 1. The van der Waals surface area contributed by atoms with E-state index in [1.54, 1.807) is 0 Å². The number of halogens is 1. The number of hydrogen-bond donors (Lipinski definition) is 2. The van der Waals surface area contributed by atoms with Gasteiger partial charge < -0.3 is 15.4 Å². The van der Waals surface area contributed by atoms with Crippen LogP contribution in [0.15, 0.2) is 29.3 Å². The fraction of sp³-hybridized carbons (Fsp3) is 0.619. The molecule has 1 saturated carbocycles. The second kappa shape index (κ2) is 13.0. The summed E-state index contributed by atoms with van der Waals surface area (Å²) in [6, 6.07) is 8.83. The molecule has 1 aliphatic carbocycles. The fourth-order valence-electron chi connectivity index (χ4n) is 3.47. The third kappa shape index (κ3) is 7.68. The Morgan fingerprint density at radius 2 is 1.78 bits per heavy atom. The topological polar surface area (TPSA) is 62.7 Å². The van der Waals surface area contributed by atoms with Crippen LogP contribution in [0.5, 0.6) is 0 Å². The van der Waals surface area contributed by atoms with Gasteiger partial charge in [0, 0.05) is 12.6 Å². The van der Waals surface area contributed by atoms with Crippen LogP contribution < -0.4 is 10.6 Å². The highest BCUT2D eigenvalue weighted by Crippen LogP contribution is 2.25. The highest BCUT2D eigenvalue weighted by molar-refractivity contribution is 14.0. The predicted molar refractivity (Wildman–Crippen MR) is 122 cm³/mol. The molecule has 27 heavy (non-hydrogen) atoms. The Hall–Kier alpha value is -1.31. The number of hydrogen-bond acceptors (Lipinski definition) is 3. The van der Waals surface area contributed by atoms with Crippen molar-refractivity contribution in [3.8, 4) is 0 Å². The zero-order chi connectivity index (χ0) is 18.8. The van der Waals surface area contributed by atoms with E-state index in [0.717, 1.165) is 44.6 Å². The lowest BCUT2D eigenvalue weighted by molar-refractivity contribution is -0.149. The standard InChI is InChI=1S/C21H33N3O2.HI/c1-4-16-9-7-8-10-18(16)15-23-21(22-5-2)24-19-13-11-17(12-14-19)20(25)26-6-3;/h7-10,17,19H,4-6,11-15H2,1-3H3,(H2,22,23,24);1H. The van der Waals surface area contributed by atoms with Crippen LogP contribution in [0.2, 0.25) is 0 Å². The summed E-state index contributed by atoms with van der Waals surface area (Å²) in [6.45, 7) is 8.09. The Morgan fingerprint density at radius 3 is 2.37 bits per heavy atom. The van der Waals surface area contributed by atoms with E-state index in [4.69, 9.17) is 9.73 Å². The van der Waals surface area contributed by atoms with Crippen molar-refractivity contribution < 1.29 is 9.53 Å². The number of guanidine groups is 1. The first-order valence-corrected chi connectivity index (χ1v) is 9.96. The van der Waals surface area contributed by atoms with Crippen LogP contribution in [0.3, 0.4) is 0 Å². The van der Waals surface area contributed by atoms with Crippen LogP contribution in [-0.4, -0.2) is 31.1 Å². The zero-order valence-corrected chi connectivity index (χ0v) is 19.1. The van der Waals surface area contributed by atoms with E-state index in [1.165, 1.54) is 11.1 Å². The number of rotatable bonds is 7. The van der Waals surface area contributed by atoms with Crippen LogP contribution in [0.4, 0.5) is 0 Å². The molecule has 6 heteroatoms. The maximum Gasteiger partial charge on any atom is 0.308 e. The van der Waals surface area contributed by atoms with Crippen LogP contribution in [0, 0.1) is 5.92 Å². The van der Waals surface area contributed by atoms with E-state index in [-0.39, 0.29) is 35.9 Å². The molecule has 0 atom stereocenters. The van der Waals surface area contributed by atoms with Crippen molar-refractivity contribution in [1.29, 1.82) is 0 Å². The summed E-state index contributed by atoms with van der Waals surface area (Å²) in [7, 11) is 0. The molecule has 1 aliphatic rings. The average molecular weight is 487 g/mol. The molecule has 0 saturated heterocycles. The second-order valence-electron chi connectivity index (χ2n) is 6.76. The number of aryl methyl sites for hydroxylation is 1. The minimum atomic E-state index is -0.0392. The van der Waals surface area contributed by atoms with Crippen molar-refractivity contribution in [2.75, 3.05) is 13.2 Å². The Kier molecular flexibility index (Phi) is 11.4. The van der Waals surface area contributed by atoms with Gasteiger partial charge in [-0.05, 0) is 57.1 Å². The molecule has 0 spiro atoms. The quantitative estimate of drug-likeness (QED) is 0.264. The van der Waals surface area contributed by atoms with Crippen molar-refractivity contribution in [3.05, 3.63) is 35.4 Å². The van der Waals surface area contributed by atoms with Crippen molar-refractivity contribution in [1.82, 2.24) is 10.6 Å². The first-order valence-electron chi connectivity index (χ1n) is 9.96. The predicted octanol–water partition coefficient (Wildman–Crippen LogP) is 4.04. The highest BCUT2D eigenvalue weighted by Gasteiger charge is 2.27. The van der Waals surface area contributed by atoms with E-state index < -0.39 is 0 Å². The highest BCUT2D eigenvalue weighted by atomic mass is 127. The van der Waals surface area contributed by atoms with Gasteiger partial charge in [-0.15, -0.1) is 24.0 Å². The molecule has 0 unspecified atom stereocenters. The van der Waals surface area contributed by atoms with Crippen molar-refractivity contribution in [2.45, 2.75) is 65.5 Å². The summed E-state index contributed by atoms with van der Waals surface area (Å²) in [5.74, 6) is 0.879. The lowest BCUT2D eigenvalue weighted by atomic mass is 9.86. The summed E-state index contributed by atoms with van der Waals surface area (Å²) >= 11 is 0. The van der Waals surface area contributed by atoms with Gasteiger partial charge in [-0.1, -0.05) is 31.2 Å². The molecule has 0 bridgehead atoms. The molecule has 5 nitrogen and oxygen atoms in total. The van der Waals surface area contributed by atoms with Crippen LogP contribution in [0.1, 0.15) is 57.6 Å². The molecule has 0 radical (unpaired) electrons. The number of nitrogens with zero attached hydrogens (tertiary/aromatic N) is 1. The van der Waals surface area contributed by atoms with Gasteiger partial charge in [0.15, 0.2) is 5.96 Å². The fourth-order valence-corrected chi connectivity index (χ4v) is 3.47. The van der Waals surface area contributed by atoms with E-state index in [9.17, 15) is 4.79 Å². The summed E-state index contributed by atoms with van der Waals surface area (Å²) in [5, 5.41) is 6.88. The second-order valence-corrected chi connectivity index (χ2v) is 6.76. The average Bonchev–Trinajstić information content (AvgIpc) is 2.67. The van der Waals surface area contributed by atoms with Gasteiger partial charge in [-0.3, -0.25) is 4.79 Å². The minimum Gasteiger partial charge on any atom is -0.466 e. The zero-order valence-electron chi connectivity index (χ0n) is 16.8. The van der Waals surface area contributed by atoms with Crippen LogP contribution in [-0.2, 0) is 22.5 Å². The van der Waals surface area contributed by atoms with Gasteiger partial charge in [0.05, 0.1) is 19.1 Å². The number of carbonyl (C=O) groups is 1. The Labute approximate surface area is 180 Å². The van der Waals surface area contributed by atoms with Crippen LogP contribution >= 0.6 is 24.0 Å². The van der Waals surface area contributed by atoms with Crippen LogP contribution in [0.25, 0.3) is 0 Å². The monoisotopic (exact) mass is 487 g/mol. The summed E-state index contributed by atoms with van der Waals surface area (Å²) in [4.78, 5) is 16.6.